The van der Waals surface area contributed by atoms with Gasteiger partial charge in [0.1, 0.15) is 0 Å². The van der Waals surface area contributed by atoms with Gasteiger partial charge in [0.25, 0.3) is 5.91 Å². The standard InChI is InChI=1S/C11H14FNO2/c1-3-8(2)13-11(14)9-5-4-6-10(7-9)15-12/h4-8H,3H2,1-2H3,(H,13,14). The lowest BCUT2D eigenvalue weighted by atomic mass is 10.2. The van der Waals surface area contributed by atoms with Gasteiger partial charge in [-0.1, -0.05) is 13.0 Å². The quantitative estimate of drug-likeness (QED) is 0.830. The lowest BCUT2D eigenvalue weighted by Crippen LogP contribution is -2.31. The van der Waals surface area contributed by atoms with Crippen molar-refractivity contribution in [3.8, 4) is 5.75 Å². The third-order valence-electron chi connectivity index (χ3n) is 2.18. The van der Waals surface area contributed by atoms with Gasteiger partial charge >= 0.3 is 0 Å². The van der Waals surface area contributed by atoms with Gasteiger partial charge in [0.15, 0.2) is 5.75 Å². The van der Waals surface area contributed by atoms with Crippen LogP contribution in [0, 0.1) is 0 Å². The Morgan fingerprint density at radius 1 is 1.60 bits per heavy atom. The molecule has 82 valence electrons. The van der Waals surface area contributed by atoms with Crippen LogP contribution in [0.3, 0.4) is 0 Å². The van der Waals surface area contributed by atoms with Crippen molar-refractivity contribution in [2.24, 2.45) is 0 Å². The molecule has 1 N–H and O–H groups in total. The van der Waals surface area contributed by atoms with Crippen molar-refractivity contribution >= 4 is 5.91 Å². The first kappa shape index (κ1) is 11.5. The van der Waals surface area contributed by atoms with E-state index in [1.54, 1.807) is 12.1 Å². The van der Waals surface area contributed by atoms with E-state index in [9.17, 15) is 9.32 Å². The maximum absolute atomic E-state index is 11.9. The van der Waals surface area contributed by atoms with Crippen LogP contribution < -0.4 is 10.3 Å². The molecule has 0 aliphatic carbocycles. The molecule has 0 bridgehead atoms. The molecule has 15 heavy (non-hydrogen) atoms. The van der Waals surface area contributed by atoms with Crippen molar-refractivity contribution in [1.29, 1.82) is 0 Å². The summed E-state index contributed by atoms with van der Waals surface area (Å²) in [7, 11) is 0. The Morgan fingerprint density at radius 2 is 2.33 bits per heavy atom. The topological polar surface area (TPSA) is 38.3 Å². The number of hydrogen-bond acceptors (Lipinski definition) is 2. The minimum Gasteiger partial charge on any atom is -0.350 e. The highest BCUT2D eigenvalue weighted by molar-refractivity contribution is 5.94. The molecule has 1 atom stereocenters. The summed E-state index contributed by atoms with van der Waals surface area (Å²) in [5.41, 5.74) is 0.394. The zero-order chi connectivity index (χ0) is 11.3. The number of hydrogen-bond donors (Lipinski definition) is 1. The van der Waals surface area contributed by atoms with E-state index in [4.69, 9.17) is 0 Å². The second kappa shape index (κ2) is 5.34. The second-order valence-electron chi connectivity index (χ2n) is 3.39. The third-order valence-corrected chi connectivity index (χ3v) is 2.18. The van der Waals surface area contributed by atoms with E-state index in [0.29, 0.717) is 5.56 Å². The third kappa shape index (κ3) is 3.23. The molecule has 0 aromatic heterocycles. The first-order valence-corrected chi connectivity index (χ1v) is 4.87. The number of carbonyl (C=O) groups is 1. The fraction of sp³-hybridized carbons (Fsp3) is 0.364. The molecule has 0 saturated heterocycles. The van der Waals surface area contributed by atoms with Crippen molar-refractivity contribution in [1.82, 2.24) is 5.32 Å². The first-order valence-electron chi connectivity index (χ1n) is 4.87. The molecule has 1 aromatic carbocycles. The van der Waals surface area contributed by atoms with Gasteiger partial charge in [-0.2, -0.15) is 0 Å². The van der Waals surface area contributed by atoms with Crippen molar-refractivity contribution in [3.05, 3.63) is 29.8 Å². The molecule has 1 aromatic rings. The van der Waals surface area contributed by atoms with Gasteiger partial charge in [-0.05, 0) is 31.5 Å². The Kier molecular flexibility index (Phi) is 4.09. The number of amides is 1. The highest BCUT2D eigenvalue weighted by Gasteiger charge is 2.09. The van der Waals surface area contributed by atoms with Crippen molar-refractivity contribution in [2.75, 3.05) is 0 Å². The van der Waals surface area contributed by atoms with Crippen molar-refractivity contribution in [2.45, 2.75) is 26.3 Å². The molecule has 0 saturated carbocycles. The fourth-order valence-corrected chi connectivity index (χ4v) is 1.09. The van der Waals surface area contributed by atoms with E-state index >= 15 is 0 Å². The molecule has 0 fully saturated rings. The lowest BCUT2D eigenvalue weighted by molar-refractivity contribution is -0.00627. The number of nitrogens with one attached hydrogen (secondary N) is 1. The molecule has 3 nitrogen and oxygen atoms in total. The summed E-state index contributed by atoms with van der Waals surface area (Å²) in [6.07, 6.45) is 0.852. The molecule has 0 heterocycles. The van der Waals surface area contributed by atoms with Gasteiger partial charge in [0.2, 0.25) is 0 Å². The maximum atomic E-state index is 11.9. The van der Waals surface area contributed by atoms with Gasteiger partial charge < -0.3 is 5.32 Å². The maximum Gasteiger partial charge on any atom is 0.251 e. The van der Waals surface area contributed by atoms with Crippen LogP contribution >= 0.6 is 0 Å². The highest BCUT2D eigenvalue weighted by Crippen LogP contribution is 2.13. The molecule has 0 spiro atoms. The molecule has 0 radical (unpaired) electrons. The van der Waals surface area contributed by atoms with Crippen LogP contribution in [0.2, 0.25) is 0 Å². The van der Waals surface area contributed by atoms with Crippen LogP contribution in [0.1, 0.15) is 30.6 Å². The Morgan fingerprint density at radius 3 is 2.93 bits per heavy atom. The molecule has 4 heteroatoms. The van der Waals surface area contributed by atoms with Crippen LogP contribution in [0.25, 0.3) is 0 Å². The summed E-state index contributed by atoms with van der Waals surface area (Å²) in [5.74, 6) is -0.185. The molecule has 0 aliphatic rings. The zero-order valence-corrected chi connectivity index (χ0v) is 8.79. The number of carbonyl (C=O) groups excluding carboxylic acids is 1. The van der Waals surface area contributed by atoms with Gasteiger partial charge in [0.05, 0.1) is 0 Å². The normalized spacial score (nSPS) is 11.9. The van der Waals surface area contributed by atoms with Gasteiger partial charge in [0, 0.05) is 16.1 Å². The van der Waals surface area contributed by atoms with Crippen LogP contribution in [-0.4, -0.2) is 11.9 Å². The smallest absolute Gasteiger partial charge is 0.251 e. The van der Waals surface area contributed by atoms with E-state index in [2.05, 4.69) is 10.3 Å². The van der Waals surface area contributed by atoms with Crippen LogP contribution in [0.15, 0.2) is 24.3 Å². The first-order chi connectivity index (χ1) is 7.17. The molecule has 1 rings (SSSR count). The average molecular weight is 211 g/mol. The Balaban J connectivity index is 2.73. The molecule has 1 unspecified atom stereocenters. The number of benzene rings is 1. The molecule has 0 aliphatic heterocycles. The second-order valence-corrected chi connectivity index (χ2v) is 3.39. The van der Waals surface area contributed by atoms with Gasteiger partial charge in [-0.3, -0.25) is 9.74 Å². The largest absolute Gasteiger partial charge is 0.350 e. The summed E-state index contributed by atoms with van der Waals surface area (Å²) in [4.78, 5) is 15.1. The van der Waals surface area contributed by atoms with Crippen LogP contribution in [-0.2, 0) is 0 Å². The van der Waals surface area contributed by atoms with E-state index in [1.807, 2.05) is 13.8 Å². The minimum atomic E-state index is -0.219. The van der Waals surface area contributed by atoms with Crippen molar-refractivity contribution in [3.63, 3.8) is 0 Å². The van der Waals surface area contributed by atoms with Crippen LogP contribution in [0.4, 0.5) is 4.53 Å². The van der Waals surface area contributed by atoms with E-state index in [0.717, 1.165) is 6.42 Å². The summed E-state index contributed by atoms with van der Waals surface area (Å²) in [6, 6.07) is 6.09. The summed E-state index contributed by atoms with van der Waals surface area (Å²) >= 11 is 0. The Hall–Kier alpha value is -1.58. The SMILES string of the molecule is CCC(C)NC(=O)c1cccc(OF)c1. The number of rotatable bonds is 4. The number of halogens is 1. The molecular formula is C11H14FNO2. The summed E-state index contributed by atoms with van der Waals surface area (Å²) < 4.78 is 11.9. The average Bonchev–Trinajstić information content (AvgIpc) is 2.28. The summed E-state index contributed by atoms with van der Waals surface area (Å²) in [5, 5.41) is 2.78. The van der Waals surface area contributed by atoms with Gasteiger partial charge in [-0.15, -0.1) is 0 Å². The zero-order valence-electron chi connectivity index (χ0n) is 8.79. The predicted molar refractivity (Wildman–Crippen MR) is 55.4 cm³/mol. The van der Waals surface area contributed by atoms with Crippen molar-refractivity contribution < 1.29 is 14.3 Å². The molecule has 1 amide bonds. The fourth-order valence-electron chi connectivity index (χ4n) is 1.09. The van der Waals surface area contributed by atoms with E-state index in [1.165, 1.54) is 12.1 Å². The Labute approximate surface area is 88.1 Å². The Bertz CT molecular complexity index is 341. The minimum absolute atomic E-state index is 0.0341. The lowest BCUT2D eigenvalue weighted by Gasteiger charge is -2.11. The van der Waals surface area contributed by atoms with E-state index in [-0.39, 0.29) is 17.7 Å². The monoisotopic (exact) mass is 211 g/mol. The summed E-state index contributed by atoms with van der Waals surface area (Å²) in [6.45, 7) is 3.89. The molecular weight excluding hydrogens is 197 g/mol. The van der Waals surface area contributed by atoms with Crippen LogP contribution in [0.5, 0.6) is 5.75 Å². The van der Waals surface area contributed by atoms with Gasteiger partial charge in [-0.25, -0.2) is 0 Å². The predicted octanol–water partition coefficient (Wildman–Crippen LogP) is 2.48. The van der Waals surface area contributed by atoms with E-state index < -0.39 is 0 Å². The highest BCUT2D eigenvalue weighted by atomic mass is 19.3.